The molecular weight excluding hydrogens is 392 g/mol. The predicted molar refractivity (Wildman–Crippen MR) is 118 cm³/mol. The molecule has 0 aliphatic carbocycles. The number of carbonyl (C=O) groups excluding carboxylic acids is 2. The van der Waals surface area contributed by atoms with Gasteiger partial charge in [0, 0.05) is 36.5 Å². The van der Waals surface area contributed by atoms with E-state index in [1.54, 1.807) is 26.0 Å². The Hall–Kier alpha value is -1.92. The summed E-state index contributed by atoms with van der Waals surface area (Å²) in [5.74, 6) is 1.79. The third-order valence-corrected chi connectivity index (χ3v) is 6.04. The molecule has 0 atom stereocenters. The number of carbonyl (C=O) groups is 2. The lowest BCUT2D eigenvalue weighted by Crippen LogP contribution is -1.93. The van der Waals surface area contributed by atoms with Crippen LogP contribution in [0.2, 0.25) is 0 Å². The summed E-state index contributed by atoms with van der Waals surface area (Å²) in [6, 6.07) is 10.8. The smallest absolute Gasteiger partial charge is 0.185 e. The van der Waals surface area contributed by atoms with Crippen LogP contribution < -0.4 is 0 Å². The Labute approximate surface area is 174 Å². The van der Waals surface area contributed by atoms with Gasteiger partial charge in [0.15, 0.2) is 10.2 Å². The maximum Gasteiger partial charge on any atom is 0.185 e. The van der Waals surface area contributed by atoms with E-state index in [1.807, 2.05) is 24.3 Å². The van der Waals surface area contributed by atoms with Crippen LogP contribution >= 0.6 is 23.5 Å². The maximum absolute atomic E-state index is 11.0. The molecule has 2 aromatic carbocycles. The molecule has 0 bridgehead atoms. The Morgan fingerprint density at radius 3 is 1.50 bits per heavy atom. The highest BCUT2D eigenvalue weighted by atomic mass is 32.2. The Kier molecular flexibility index (Phi) is 8.93. The number of rotatable bonds is 9. The molecule has 0 saturated heterocycles. The van der Waals surface area contributed by atoms with Gasteiger partial charge in [-0.1, -0.05) is 35.7 Å². The SMILES string of the molecule is CC(=O)SCCCc1ccc(O)c(-c2cc(CCCSC(C)=O)ccc2O)c1. The van der Waals surface area contributed by atoms with Gasteiger partial charge >= 0.3 is 0 Å². The maximum atomic E-state index is 11.0. The van der Waals surface area contributed by atoms with Crippen LogP contribution in [0.3, 0.4) is 0 Å². The highest BCUT2D eigenvalue weighted by molar-refractivity contribution is 8.13. The van der Waals surface area contributed by atoms with Crippen molar-refractivity contribution in [1.29, 1.82) is 0 Å². The largest absolute Gasteiger partial charge is 0.507 e. The summed E-state index contributed by atoms with van der Waals surface area (Å²) in [4.78, 5) is 22.0. The first-order valence-corrected chi connectivity index (χ1v) is 11.2. The van der Waals surface area contributed by atoms with Crippen LogP contribution in [-0.2, 0) is 22.4 Å². The Bertz CT molecular complexity index is 764. The number of hydrogen-bond donors (Lipinski definition) is 2. The van der Waals surface area contributed by atoms with Crippen LogP contribution in [0.4, 0.5) is 0 Å². The van der Waals surface area contributed by atoms with Gasteiger partial charge in [-0.2, -0.15) is 0 Å². The van der Waals surface area contributed by atoms with E-state index in [2.05, 4.69) is 0 Å². The molecule has 2 rings (SSSR count). The van der Waals surface area contributed by atoms with Crippen LogP contribution in [0.5, 0.6) is 11.5 Å². The average molecular weight is 419 g/mol. The molecule has 2 N–H and O–H groups in total. The Balaban J connectivity index is 2.11. The van der Waals surface area contributed by atoms with Gasteiger partial charge in [-0.3, -0.25) is 9.59 Å². The summed E-state index contributed by atoms with van der Waals surface area (Å²) in [6.45, 7) is 3.13. The predicted octanol–water partition coefficient (Wildman–Crippen LogP) is 5.19. The molecule has 28 heavy (non-hydrogen) atoms. The molecule has 150 valence electrons. The Morgan fingerprint density at radius 1 is 0.750 bits per heavy atom. The summed E-state index contributed by atoms with van der Waals surface area (Å²) in [6.07, 6.45) is 3.34. The van der Waals surface area contributed by atoms with Crippen molar-refractivity contribution in [2.75, 3.05) is 11.5 Å². The van der Waals surface area contributed by atoms with Gasteiger partial charge < -0.3 is 10.2 Å². The summed E-state index contributed by atoms with van der Waals surface area (Å²) in [5, 5.41) is 20.9. The van der Waals surface area contributed by atoms with Crippen LogP contribution in [0.1, 0.15) is 37.8 Å². The molecule has 0 radical (unpaired) electrons. The molecule has 0 heterocycles. The van der Waals surface area contributed by atoms with E-state index in [-0.39, 0.29) is 21.7 Å². The second-order valence-corrected chi connectivity index (χ2v) is 9.13. The van der Waals surface area contributed by atoms with Crippen LogP contribution in [0, 0.1) is 0 Å². The van der Waals surface area contributed by atoms with Gasteiger partial charge in [0.2, 0.25) is 0 Å². The lowest BCUT2D eigenvalue weighted by atomic mass is 9.96. The van der Waals surface area contributed by atoms with Crippen molar-refractivity contribution in [2.24, 2.45) is 0 Å². The van der Waals surface area contributed by atoms with E-state index < -0.39 is 0 Å². The number of aromatic hydroxyl groups is 2. The summed E-state index contributed by atoms with van der Waals surface area (Å²) in [7, 11) is 0. The van der Waals surface area contributed by atoms with E-state index in [1.165, 1.54) is 23.5 Å². The summed E-state index contributed by atoms with van der Waals surface area (Å²) >= 11 is 2.64. The zero-order valence-corrected chi connectivity index (χ0v) is 17.9. The molecule has 0 saturated carbocycles. The van der Waals surface area contributed by atoms with E-state index in [4.69, 9.17) is 0 Å². The fraction of sp³-hybridized carbons (Fsp3) is 0.364. The first-order valence-electron chi connectivity index (χ1n) is 9.27. The highest BCUT2D eigenvalue weighted by Gasteiger charge is 2.11. The van der Waals surface area contributed by atoms with E-state index >= 15 is 0 Å². The Morgan fingerprint density at radius 2 is 1.14 bits per heavy atom. The van der Waals surface area contributed by atoms with Gasteiger partial charge in [0.1, 0.15) is 11.5 Å². The quantitative estimate of drug-likeness (QED) is 0.546. The molecule has 0 fully saturated rings. The highest BCUT2D eigenvalue weighted by Crippen LogP contribution is 2.37. The molecule has 2 aromatic rings. The second-order valence-electron chi connectivity index (χ2n) is 6.59. The van der Waals surface area contributed by atoms with Crippen molar-refractivity contribution in [2.45, 2.75) is 39.5 Å². The lowest BCUT2D eigenvalue weighted by molar-refractivity contribution is -0.109. The van der Waals surface area contributed by atoms with Gasteiger partial charge in [-0.15, -0.1) is 0 Å². The third kappa shape index (κ3) is 7.24. The number of thioether (sulfide) groups is 2. The third-order valence-electron chi connectivity index (χ3n) is 4.24. The van der Waals surface area contributed by atoms with E-state index in [0.29, 0.717) is 11.1 Å². The monoisotopic (exact) mass is 418 g/mol. The van der Waals surface area contributed by atoms with E-state index in [0.717, 1.165) is 48.3 Å². The number of phenols is 2. The van der Waals surface area contributed by atoms with Gasteiger partial charge in [0.25, 0.3) is 0 Å². The van der Waals surface area contributed by atoms with Gasteiger partial charge in [-0.25, -0.2) is 0 Å². The van der Waals surface area contributed by atoms with Crippen molar-refractivity contribution >= 4 is 33.8 Å². The topological polar surface area (TPSA) is 74.6 Å². The molecule has 0 aliphatic heterocycles. The number of aryl methyl sites for hydroxylation is 2. The summed E-state index contributed by atoms with van der Waals surface area (Å²) < 4.78 is 0. The van der Waals surface area contributed by atoms with Crippen molar-refractivity contribution < 1.29 is 19.8 Å². The summed E-state index contributed by atoms with van der Waals surface area (Å²) in [5.41, 5.74) is 3.32. The van der Waals surface area contributed by atoms with Crippen LogP contribution in [-0.4, -0.2) is 31.9 Å². The van der Waals surface area contributed by atoms with Crippen molar-refractivity contribution in [3.63, 3.8) is 0 Å². The lowest BCUT2D eigenvalue weighted by Gasteiger charge is -2.12. The zero-order valence-electron chi connectivity index (χ0n) is 16.2. The zero-order chi connectivity index (χ0) is 20.5. The molecule has 0 spiro atoms. The normalized spacial score (nSPS) is 10.8. The van der Waals surface area contributed by atoms with Gasteiger partial charge in [-0.05, 0) is 61.1 Å². The van der Waals surface area contributed by atoms with Crippen LogP contribution in [0.15, 0.2) is 36.4 Å². The van der Waals surface area contributed by atoms with Gasteiger partial charge in [0.05, 0.1) is 0 Å². The fourth-order valence-corrected chi connectivity index (χ4v) is 4.05. The molecule has 4 nitrogen and oxygen atoms in total. The fourth-order valence-electron chi connectivity index (χ4n) is 2.89. The molecule has 0 unspecified atom stereocenters. The van der Waals surface area contributed by atoms with E-state index in [9.17, 15) is 19.8 Å². The second kappa shape index (κ2) is 11.2. The molecular formula is C22H26O4S2. The number of benzene rings is 2. The van der Waals surface area contributed by atoms with Crippen LogP contribution in [0.25, 0.3) is 11.1 Å². The molecule has 0 amide bonds. The molecule has 6 heteroatoms. The first-order chi connectivity index (χ1) is 13.4. The molecule has 0 aliphatic rings. The molecule has 0 aromatic heterocycles. The minimum absolute atomic E-state index is 0.120. The van der Waals surface area contributed by atoms with Crippen molar-refractivity contribution in [3.05, 3.63) is 47.5 Å². The number of phenolic OH excluding ortho intramolecular Hbond substituents is 2. The minimum atomic E-state index is 0.120. The van der Waals surface area contributed by atoms with Crippen molar-refractivity contribution in [1.82, 2.24) is 0 Å². The average Bonchev–Trinajstić information content (AvgIpc) is 2.64. The minimum Gasteiger partial charge on any atom is -0.507 e. The van der Waals surface area contributed by atoms with Crippen molar-refractivity contribution in [3.8, 4) is 22.6 Å². The first kappa shape index (κ1) is 22.4. The standard InChI is InChI=1S/C22H26O4S2/c1-15(23)27-11-3-5-17-7-9-21(25)19(13-17)20-14-18(8-10-22(20)26)6-4-12-28-16(2)24/h7-10,13-14,25-26H,3-6,11-12H2,1-2H3. The number of hydrogen-bond acceptors (Lipinski definition) is 6.